The maximum atomic E-state index is 4.33. The molecular weight excluding hydrogens is 186 g/mol. The number of nitrogens with one attached hydrogen (secondary N) is 1. The van der Waals surface area contributed by atoms with Gasteiger partial charge in [-0.15, -0.1) is 0 Å². The molecule has 0 aromatic carbocycles. The SMILES string of the molecule is CCCNCCCC(C)n1cc(C)cn1. The minimum atomic E-state index is 0.516. The predicted molar refractivity (Wildman–Crippen MR) is 64.1 cm³/mol. The number of rotatable bonds is 7. The van der Waals surface area contributed by atoms with Crippen molar-refractivity contribution < 1.29 is 0 Å². The molecule has 0 saturated carbocycles. The van der Waals surface area contributed by atoms with Crippen molar-refractivity contribution >= 4 is 0 Å². The second-order valence-corrected chi connectivity index (χ2v) is 4.24. The summed E-state index contributed by atoms with van der Waals surface area (Å²) in [6, 6.07) is 0.516. The Morgan fingerprint density at radius 1 is 1.47 bits per heavy atom. The number of hydrogen-bond donors (Lipinski definition) is 1. The first-order chi connectivity index (χ1) is 7.24. The van der Waals surface area contributed by atoms with Crippen LogP contribution in [0.3, 0.4) is 0 Å². The van der Waals surface area contributed by atoms with Crippen LogP contribution in [0.25, 0.3) is 0 Å². The standard InChI is InChI=1S/C12H23N3/c1-4-7-13-8-5-6-12(3)15-10-11(2)9-14-15/h9-10,12-13H,4-8H2,1-3H3. The zero-order valence-electron chi connectivity index (χ0n) is 10.2. The summed E-state index contributed by atoms with van der Waals surface area (Å²) >= 11 is 0. The largest absolute Gasteiger partial charge is 0.317 e. The van der Waals surface area contributed by atoms with Crippen LogP contribution in [-0.4, -0.2) is 22.9 Å². The summed E-state index contributed by atoms with van der Waals surface area (Å²) < 4.78 is 2.06. The molecule has 1 heterocycles. The lowest BCUT2D eigenvalue weighted by Gasteiger charge is -2.12. The van der Waals surface area contributed by atoms with Crippen LogP contribution in [0.1, 0.15) is 44.7 Å². The highest BCUT2D eigenvalue weighted by molar-refractivity contribution is 5.00. The first kappa shape index (κ1) is 12.2. The van der Waals surface area contributed by atoms with Gasteiger partial charge in [0.1, 0.15) is 0 Å². The van der Waals surface area contributed by atoms with E-state index in [4.69, 9.17) is 0 Å². The van der Waals surface area contributed by atoms with Gasteiger partial charge in [-0.05, 0) is 51.8 Å². The molecule has 3 heteroatoms. The van der Waals surface area contributed by atoms with E-state index in [0.29, 0.717) is 6.04 Å². The van der Waals surface area contributed by atoms with E-state index in [9.17, 15) is 0 Å². The predicted octanol–water partition coefficient (Wildman–Crippen LogP) is 2.53. The van der Waals surface area contributed by atoms with E-state index in [2.05, 4.69) is 42.1 Å². The summed E-state index contributed by atoms with van der Waals surface area (Å²) in [5.74, 6) is 0. The molecule has 0 saturated heterocycles. The molecule has 1 aromatic heterocycles. The van der Waals surface area contributed by atoms with Crippen LogP contribution in [0, 0.1) is 6.92 Å². The van der Waals surface area contributed by atoms with Crippen molar-refractivity contribution in [2.75, 3.05) is 13.1 Å². The van der Waals surface area contributed by atoms with Crippen molar-refractivity contribution in [1.29, 1.82) is 0 Å². The third-order valence-electron chi connectivity index (χ3n) is 2.58. The van der Waals surface area contributed by atoms with Crippen molar-refractivity contribution in [3.8, 4) is 0 Å². The monoisotopic (exact) mass is 209 g/mol. The van der Waals surface area contributed by atoms with Crippen LogP contribution in [0.15, 0.2) is 12.4 Å². The molecule has 1 rings (SSSR count). The second-order valence-electron chi connectivity index (χ2n) is 4.24. The summed E-state index contributed by atoms with van der Waals surface area (Å²) in [6.45, 7) is 8.76. The van der Waals surface area contributed by atoms with E-state index in [1.54, 1.807) is 0 Å². The zero-order valence-corrected chi connectivity index (χ0v) is 10.2. The number of nitrogens with zero attached hydrogens (tertiary/aromatic N) is 2. The minimum Gasteiger partial charge on any atom is -0.317 e. The molecule has 0 aliphatic carbocycles. The third-order valence-corrected chi connectivity index (χ3v) is 2.58. The Balaban J connectivity index is 2.16. The van der Waals surface area contributed by atoms with Crippen LogP contribution in [-0.2, 0) is 0 Å². The van der Waals surface area contributed by atoms with Crippen molar-refractivity contribution in [2.45, 2.75) is 46.1 Å². The summed E-state index contributed by atoms with van der Waals surface area (Å²) in [5, 5.41) is 7.74. The van der Waals surface area contributed by atoms with E-state index in [-0.39, 0.29) is 0 Å². The molecule has 1 aromatic rings. The Bertz CT molecular complexity index is 268. The molecule has 0 fully saturated rings. The molecule has 1 unspecified atom stereocenters. The Kier molecular flexibility index (Phi) is 5.40. The van der Waals surface area contributed by atoms with Crippen LogP contribution in [0.4, 0.5) is 0 Å². The van der Waals surface area contributed by atoms with Gasteiger partial charge in [0.25, 0.3) is 0 Å². The minimum absolute atomic E-state index is 0.516. The summed E-state index contributed by atoms with van der Waals surface area (Å²) in [7, 11) is 0. The molecule has 0 amide bonds. The van der Waals surface area contributed by atoms with Crippen molar-refractivity contribution in [2.24, 2.45) is 0 Å². The molecule has 0 spiro atoms. The van der Waals surface area contributed by atoms with Crippen molar-refractivity contribution in [3.05, 3.63) is 18.0 Å². The quantitative estimate of drug-likeness (QED) is 0.699. The number of aryl methyl sites for hydroxylation is 1. The van der Waals surface area contributed by atoms with E-state index >= 15 is 0 Å². The van der Waals surface area contributed by atoms with Gasteiger partial charge in [-0.25, -0.2) is 0 Å². The van der Waals surface area contributed by atoms with Crippen LogP contribution in [0.2, 0.25) is 0 Å². The molecule has 0 aliphatic rings. The molecule has 0 radical (unpaired) electrons. The maximum Gasteiger partial charge on any atom is 0.0519 e. The average Bonchev–Trinajstić information content (AvgIpc) is 2.64. The van der Waals surface area contributed by atoms with Gasteiger partial charge in [-0.1, -0.05) is 6.92 Å². The first-order valence-electron chi connectivity index (χ1n) is 5.95. The molecule has 1 N–H and O–H groups in total. The Hall–Kier alpha value is -0.830. The highest BCUT2D eigenvalue weighted by Crippen LogP contribution is 2.11. The Morgan fingerprint density at radius 3 is 2.87 bits per heavy atom. The summed E-state index contributed by atoms with van der Waals surface area (Å²) in [5.41, 5.74) is 1.24. The van der Waals surface area contributed by atoms with E-state index in [1.807, 2.05) is 6.20 Å². The van der Waals surface area contributed by atoms with Gasteiger partial charge in [-0.3, -0.25) is 4.68 Å². The molecule has 15 heavy (non-hydrogen) atoms. The van der Waals surface area contributed by atoms with Crippen LogP contribution < -0.4 is 5.32 Å². The molecule has 0 aliphatic heterocycles. The van der Waals surface area contributed by atoms with Gasteiger partial charge < -0.3 is 5.32 Å². The van der Waals surface area contributed by atoms with E-state index in [1.165, 1.54) is 24.8 Å². The smallest absolute Gasteiger partial charge is 0.0519 e. The average molecular weight is 209 g/mol. The fourth-order valence-corrected chi connectivity index (χ4v) is 1.63. The second kappa shape index (κ2) is 6.62. The van der Waals surface area contributed by atoms with Crippen molar-refractivity contribution in [1.82, 2.24) is 15.1 Å². The van der Waals surface area contributed by atoms with Crippen molar-refractivity contribution in [3.63, 3.8) is 0 Å². The zero-order chi connectivity index (χ0) is 11.1. The fraction of sp³-hybridized carbons (Fsp3) is 0.750. The molecule has 86 valence electrons. The molecule has 0 bridgehead atoms. The van der Waals surface area contributed by atoms with Gasteiger partial charge in [-0.2, -0.15) is 5.10 Å². The summed E-state index contributed by atoms with van der Waals surface area (Å²) in [6.07, 6.45) is 7.67. The van der Waals surface area contributed by atoms with Gasteiger partial charge in [0.05, 0.1) is 6.20 Å². The lowest BCUT2D eigenvalue weighted by atomic mass is 10.2. The topological polar surface area (TPSA) is 29.9 Å². The lowest BCUT2D eigenvalue weighted by molar-refractivity contribution is 0.438. The van der Waals surface area contributed by atoms with E-state index in [0.717, 1.165) is 13.1 Å². The maximum absolute atomic E-state index is 4.33. The first-order valence-corrected chi connectivity index (χ1v) is 5.95. The molecular formula is C12H23N3. The molecule has 1 atom stereocenters. The number of aromatic nitrogens is 2. The highest BCUT2D eigenvalue weighted by atomic mass is 15.3. The highest BCUT2D eigenvalue weighted by Gasteiger charge is 2.04. The Morgan fingerprint density at radius 2 is 2.27 bits per heavy atom. The fourth-order valence-electron chi connectivity index (χ4n) is 1.63. The molecule has 3 nitrogen and oxygen atoms in total. The lowest BCUT2D eigenvalue weighted by Crippen LogP contribution is -2.17. The van der Waals surface area contributed by atoms with Gasteiger partial charge in [0.15, 0.2) is 0 Å². The number of hydrogen-bond acceptors (Lipinski definition) is 2. The van der Waals surface area contributed by atoms with Crippen LogP contribution in [0.5, 0.6) is 0 Å². The van der Waals surface area contributed by atoms with Gasteiger partial charge in [0, 0.05) is 12.2 Å². The van der Waals surface area contributed by atoms with Gasteiger partial charge >= 0.3 is 0 Å². The van der Waals surface area contributed by atoms with Crippen LogP contribution >= 0.6 is 0 Å². The van der Waals surface area contributed by atoms with Gasteiger partial charge in [0.2, 0.25) is 0 Å². The normalized spacial score (nSPS) is 13.0. The third kappa shape index (κ3) is 4.47. The Labute approximate surface area is 92.9 Å². The van der Waals surface area contributed by atoms with E-state index < -0.39 is 0 Å². The summed E-state index contributed by atoms with van der Waals surface area (Å²) in [4.78, 5) is 0.